The molecule has 3 nitrogen and oxygen atoms in total. The monoisotopic (exact) mass is 178 g/mol. The maximum absolute atomic E-state index is 9.19. The van der Waals surface area contributed by atoms with Gasteiger partial charge in [-0.15, -0.1) is 0 Å². The maximum atomic E-state index is 9.19. The van der Waals surface area contributed by atoms with E-state index in [1.807, 2.05) is 0 Å². The maximum Gasteiger partial charge on any atom is 0.261 e. The van der Waals surface area contributed by atoms with E-state index in [1.165, 1.54) is 25.7 Å². The number of hydrogen-bond acceptors (Lipinski definition) is 2. The van der Waals surface area contributed by atoms with Crippen LogP contribution in [0.25, 0.3) is 0 Å². The highest BCUT2D eigenvalue weighted by atomic mass is 32.2. The molecular weight excluding hydrogens is 164 g/mol. The SMILES string of the molecule is C1=CCCCC1.CS(=O)(=O)O. The zero-order valence-corrected chi connectivity index (χ0v) is 7.47. The molecule has 1 N–H and O–H groups in total. The van der Waals surface area contributed by atoms with E-state index < -0.39 is 10.1 Å². The van der Waals surface area contributed by atoms with E-state index in [0.717, 1.165) is 0 Å². The average Bonchev–Trinajstić information content (AvgIpc) is 1.88. The molecule has 4 heteroatoms. The van der Waals surface area contributed by atoms with E-state index in [4.69, 9.17) is 4.55 Å². The first-order valence-corrected chi connectivity index (χ1v) is 5.42. The van der Waals surface area contributed by atoms with Crippen LogP contribution < -0.4 is 0 Å². The smallest absolute Gasteiger partial charge is 0.261 e. The van der Waals surface area contributed by atoms with Crippen LogP contribution in [0.15, 0.2) is 12.2 Å². The average molecular weight is 178 g/mol. The highest BCUT2D eigenvalue weighted by molar-refractivity contribution is 7.85. The molecule has 0 amide bonds. The predicted octanol–water partition coefficient (Wildman–Crippen LogP) is 1.62. The molecule has 1 aliphatic carbocycles. The van der Waals surface area contributed by atoms with Crippen LogP contribution in [-0.2, 0) is 10.1 Å². The molecule has 11 heavy (non-hydrogen) atoms. The van der Waals surface area contributed by atoms with Gasteiger partial charge in [0.25, 0.3) is 10.1 Å². The van der Waals surface area contributed by atoms with Gasteiger partial charge in [0.1, 0.15) is 0 Å². The fourth-order valence-corrected chi connectivity index (χ4v) is 0.760. The highest BCUT2D eigenvalue weighted by Crippen LogP contribution is 2.07. The zero-order chi connectivity index (χ0) is 8.74. The first-order valence-electron chi connectivity index (χ1n) is 3.57. The van der Waals surface area contributed by atoms with Crippen LogP contribution in [0.2, 0.25) is 0 Å². The van der Waals surface area contributed by atoms with Gasteiger partial charge < -0.3 is 0 Å². The summed E-state index contributed by atoms with van der Waals surface area (Å²) in [5, 5.41) is 0. The third kappa shape index (κ3) is 17.7. The standard InChI is InChI=1S/C6H10.CH4O3S/c1-2-4-6-5-3-1;1-5(2,3)4/h1-2H,3-6H2;1H3,(H,2,3,4). The normalized spacial score (nSPS) is 16.9. The summed E-state index contributed by atoms with van der Waals surface area (Å²) in [5.41, 5.74) is 0. The van der Waals surface area contributed by atoms with Gasteiger partial charge in [0, 0.05) is 0 Å². The van der Waals surface area contributed by atoms with Gasteiger partial charge in [-0.05, 0) is 25.7 Å². The summed E-state index contributed by atoms with van der Waals surface area (Å²) in [6, 6.07) is 0. The highest BCUT2D eigenvalue weighted by Gasteiger charge is 1.87. The Labute approximate surface area is 67.9 Å². The molecule has 1 aliphatic rings. The van der Waals surface area contributed by atoms with E-state index in [0.29, 0.717) is 6.26 Å². The Bertz CT molecular complexity index is 188. The summed E-state index contributed by atoms with van der Waals surface area (Å²) in [6.07, 6.45) is 10.7. The lowest BCUT2D eigenvalue weighted by molar-refractivity contribution is 0.490. The van der Waals surface area contributed by atoms with Crippen molar-refractivity contribution in [2.45, 2.75) is 25.7 Å². The summed E-state index contributed by atoms with van der Waals surface area (Å²) in [6.45, 7) is 0. The Balaban J connectivity index is 0.000000187. The third-order valence-corrected chi connectivity index (χ3v) is 1.16. The van der Waals surface area contributed by atoms with Crippen LogP contribution >= 0.6 is 0 Å². The van der Waals surface area contributed by atoms with Crippen molar-refractivity contribution in [1.29, 1.82) is 0 Å². The minimum absolute atomic E-state index is 0.715. The van der Waals surface area contributed by atoms with Gasteiger partial charge >= 0.3 is 0 Å². The second kappa shape index (κ2) is 5.32. The minimum Gasteiger partial charge on any atom is -0.286 e. The zero-order valence-electron chi connectivity index (χ0n) is 6.66. The largest absolute Gasteiger partial charge is 0.286 e. The molecule has 0 aromatic carbocycles. The Morgan fingerprint density at radius 3 is 1.55 bits per heavy atom. The molecule has 0 aliphatic heterocycles. The minimum atomic E-state index is -3.67. The first-order chi connectivity index (χ1) is 5.00. The van der Waals surface area contributed by atoms with Crippen molar-refractivity contribution >= 4 is 10.1 Å². The summed E-state index contributed by atoms with van der Waals surface area (Å²) in [5.74, 6) is 0. The quantitative estimate of drug-likeness (QED) is 0.453. The third-order valence-electron chi connectivity index (χ3n) is 1.16. The Hall–Kier alpha value is -0.350. The lowest BCUT2D eigenvalue weighted by Crippen LogP contribution is -1.88. The van der Waals surface area contributed by atoms with Crippen LogP contribution in [-0.4, -0.2) is 19.2 Å². The second-order valence-corrected chi connectivity index (χ2v) is 3.95. The van der Waals surface area contributed by atoms with Crippen LogP contribution in [0.1, 0.15) is 25.7 Å². The molecule has 0 spiro atoms. The molecule has 0 aromatic rings. The van der Waals surface area contributed by atoms with Gasteiger partial charge in [-0.3, -0.25) is 4.55 Å². The van der Waals surface area contributed by atoms with Crippen molar-refractivity contribution in [2.75, 3.05) is 6.26 Å². The van der Waals surface area contributed by atoms with Crippen molar-refractivity contribution in [2.24, 2.45) is 0 Å². The van der Waals surface area contributed by atoms with Crippen molar-refractivity contribution in [3.05, 3.63) is 12.2 Å². The van der Waals surface area contributed by atoms with Crippen molar-refractivity contribution < 1.29 is 13.0 Å². The summed E-state index contributed by atoms with van der Waals surface area (Å²) in [4.78, 5) is 0. The van der Waals surface area contributed by atoms with E-state index >= 15 is 0 Å². The Morgan fingerprint density at radius 2 is 1.45 bits per heavy atom. The number of rotatable bonds is 0. The van der Waals surface area contributed by atoms with E-state index in [9.17, 15) is 8.42 Å². The predicted molar refractivity (Wildman–Crippen MR) is 45.1 cm³/mol. The van der Waals surface area contributed by atoms with Crippen LogP contribution in [0.3, 0.4) is 0 Å². The fraction of sp³-hybridized carbons (Fsp3) is 0.714. The van der Waals surface area contributed by atoms with Gasteiger partial charge in [0.15, 0.2) is 0 Å². The molecule has 0 atom stereocenters. The van der Waals surface area contributed by atoms with E-state index in [2.05, 4.69) is 12.2 Å². The second-order valence-electron chi connectivity index (χ2n) is 2.49. The first kappa shape index (κ1) is 10.7. The molecule has 1 rings (SSSR count). The molecule has 0 saturated heterocycles. The molecule has 0 bridgehead atoms. The van der Waals surface area contributed by atoms with Crippen LogP contribution in [0, 0.1) is 0 Å². The number of hydrogen-bond donors (Lipinski definition) is 1. The van der Waals surface area contributed by atoms with Gasteiger partial charge in [0.05, 0.1) is 6.26 Å². The van der Waals surface area contributed by atoms with Crippen LogP contribution in [0.4, 0.5) is 0 Å². The number of allylic oxidation sites excluding steroid dienone is 2. The molecule has 0 aromatic heterocycles. The van der Waals surface area contributed by atoms with Crippen molar-refractivity contribution in [1.82, 2.24) is 0 Å². The summed E-state index contributed by atoms with van der Waals surface area (Å²) < 4.78 is 25.9. The molecule has 0 radical (unpaired) electrons. The van der Waals surface area contributed by atoms with Crippen LogP contribution in [0.5, 0.6) is 0 Å². The van der Waals surface area contributed by atoms with Gasteiger partial charge in [-0.1, -0.05) is 12.2 Å². The van der Waals surface area contributed by atoms with Gasteiger partial charge in [0.2, 0.25) is 0 Å². The molecule has 0 unspecified atom stereocenters. The van der Waals surface area contributed by atoms with Crippen molar-refractivity contribution in [3.63, 3.8) is 0 Å². The topological polar surface area (TPSA) is 54.4 Å². The lowest BCUT2D eigenvalue weighted by atomic mass is 10.1. The van der Waals surface area contributed by atoms with E-state index in [1.54, 1.807) is 0 Å². The van der Waals surface area contributed by atoms with Crippen molar-refractivity contribution in [3.8, 4) is 0 Å². The Morgan fingerprint density at radius 1 is 1.18 bits per heavy atom. The molecule has 0 heterocycles. The lowest BCUT2D eigenvalue weighted by Gasteiger charge is -1.97. The summed E-state index contributed by atoms with van der Waals surface area (Å²) in [7, 11) is -3.67. The molecule has 66 valence electrons. The molecule has 0 saturated carbocycles. The Kier molecular flexibility index (Phi) is 5.15. The molecular formula is C7H14O3S. The summed E-state index contributed by atoms with van der Waals surface area (Å²) >= 11 is 0. The fourth-order valence-electron chi connectivity index (χ4n) is 0.760. The van der Waals surface area contributed by atoms with E-state index in [-0.39, 0.29) is 0 Å². The van der Waals surface area contributed by atoms with Gasteiger partial charge in [-0.2, -0.15) is 8.42 Å². The molecule has 0 fully saturated rings. The van der Waals surface area contributed by atoms with Gasteiger partial charge in [-0.25, -0.2) is 0 Å².